The maximum atomic E-state index is 13.4. The summed E-state index contributed by atoms with van der Waals surface area (Å²) in [6.45, 7) is -0.711. The molecule has 2 aromatic carbocycles. The fraction of sp³-hybridized carbons (Fsp3) is 0.296. The van der Waals surface area contributed by atoms with Crippen molar-refractivity contribution in [2.24, 2.45) is 0 Å². The standard InChI is InChI=1S/C27H24F2N4O4/c1-3-18-25-31-17-8-7-14(15-12-22-23(30-13-15)20(34)9-10-36-22)11-19(17)33(25)24-16(26(35)32(18)2)5-4-6-21(24)37-27(28)29/h4-8,11-13,18,20,27,34H,3,9-10H2,1-2H3. The quantitative estimate of drug-likeness (QED) is 0.417. The van der Waals surface area contributed by atoms with Crippen molar-refractivity contribution in [1.29, 1.82) is 0 Å². The van der Waals surface area contributed by atoms with Crippen molar-refractivity contribution in [2.75, 3.05) is 13.7 Å². The molecule has 2 aliphatic heterocycles. The molecule has 6 rings (SSSR count). The Hall–Kier alpha value is -4.05. The fourth-order valence-electron chi connectivity index (χ4n) is 5.21. The second kappa shape index (κ2) is 8.81. The average Bonchev–Trinajstić information content (AvgIpc) is 3.22. The van der Waals surface area contributed by atoms with Crippen LogP contribution in [-0.4, -0.2) is 50.7 Å². The molecule has 2 unspecified atom stereocenters. The summed E-state index contributed by atoms with van der Waals surface area (Å²) in [5, 5.41) is 10.2. The molecule has 0 saturated heterocycles. The molecule has 0 radical (unpaired) electrons. The monoisotopic (exact) mass is 506 g/mol. The number of benzene rings is 2. The summed E-state index contributed by atoms with van der Waals surface area (Å²) in [7, 11) is 1.69. The number of pyridine rings is 1. The number of rotatable bonds is 4. The van der Waals surface area contributed by atoms with Crippen molar-refractivity contribution in [2.45, 2.75) is 38.5 Å². The average molecular weight is 507 g/mol. The van der Waals surface area contributed by atoms with Crippen molar-refractivity contribution < 1.29 is 28.2 Å². The Kier molecular flexibility index (Phi) is 5.56. The summed E-state index contributed by atoms with van der Waals surface area (Å²) >= 11 is 0. The number of carbonyl (C=O) groups is 1. The van der Waals surface area contributed by atoms with E-state index in [0.717, 1.165) is 11.1 Å². The Morgan fingerprint density at radius 1 is 1.22 bits per heavy atom. The Labute approximate surface area is 211 Å². The van der Waals surface area contributed by atoms with Crippen LogP contribution in [0.25, 0.3) is 27.8 Å². The van der Waals surface area contributed by atoms with Crippen LogP contribution in [0.5, 0.6) is 11.5 Å². The predicted octanol–water partition coefficient (Wildman–Crippen LogP) is 5.04. The van der Waals surface area contributed by atoms with Gasteiger partial charge in [0, 0.05) is 25.2 Å². The Balaban J connectivity index is 1.60. The number of hydrogen-bond acceptors (Lipinski definition) is 6. The number of fused-ring (bicyclic) bond motifs is 6. The third-order valence-corrected chi connectivity index (χ3v) is 7.00. The van der Waals surface area contributed by atoms with Gasteiger partial charge in [0.15, 0.2) is 5.75 Å². The lowest BCUT2D eigenvalue weighted by Gasteiger charge is -2.24. The first-order chi connectivity index (χ1) is 17.9. The largest absolute Gasteiger partial charge is 0.491 e. The molecule has 190 valence electrons. The highest BCUT2D eigenvalue weighted by atomic mass is 19.3. The number of alkyl halides is 2. The van der Waals surface area contributed by atoms with E-state index in [-0.39, 0.29) is 28.9 Å². The summed E-state index contributed by atoms with van der Waals surface area (Å²) in [6, 6.07) is 11.7. The maximum Gasteiger partial charge on any atom is 0.387 e. The van der Waals surface area contributed by atoms with E-state index in [1.54, 1.807) is 28.8 Å². The number of aliphatic hydroxyl groups is 1. The van der Waals surface area contributed by atoms with Crippen molar-refractivity contribution >= 4 is 16.9 Å². The van der Waals surface area contributed by atoms with Gasteiger partial charge in [-0.15, -0.1) is 0 Å². The zero-order valence-corrected chi connectivity index (χ0v) is 20.2. The number of ether oxygens (including phenoxy) is 2. The lowest BCUT2D eigenvalue weighted by atomic mass is 10.0. The van der Waals surface area contributed by atoms with Gasteiger partial charge >= 0.3 is 6.61 Å². The van der Waals surface area contributed by atoms with Gasteiger partial charge in [-0.2, -0.15) is 8.78 Å². The van der Waals surface area contributed by atoms with Crippen LogP contribution in [-0.2, 0) is 0 Å². The number of para-hydroxylation sites is 1. The number of amides is 1. The zero-order valence-electron chi connectivity index (χ0n) is 20.2. The highest BCUT2D eigenvalue weighted by molar-refractivity contribution is 6.01. The van der Waals surface area contributed by atoms with Gasteiger partial charge in [-0.25, -0.2) is 4.98 Å². The lowest BCUT2D eigenvalue weighted by Crippen LogP contribution is -2.30. The Morgan fingerprint density at radius 2 is 2.05 bits per heavy atom. The molecular formula is C27H24F2N4O4. The third-order valence-electron chi connectivity index (χ3n) is 7.00. The van der Waals surface area contributed by atoms with Crippen LogP contribution in [0.3, 0.4) is 0 Å². The molecule has 4 aromatic rings. The summed E-state index contributed by atoms with van der Waals surface area (Å²) in [5.74, 6) is 0.685. The second-order valence-corrected chi connectivity index (χ2v) is 9.14. The van der Waals surface area contributed by atoms with E-state index in [0.29, 0.717) is 47.7 Å². The number of imidazole rings is 1. The molecule has 0 aliphatic carbocycles. The Morgan fingerprint density at radius 3 is 2.84 bits per heavy atom. The molecule has 0 bridgehead atoms. The van der Waals surface area contributed by atoms with Crippen molar-refractivity contribution in [3.8, 4) is 28.3 Å². The van der Waals surface area contributed by atoms with Crippen LogP contribution in [0.4, 0.5) is 8.78 Å². The van der Waals surface area contributed by atoms with Crippen LogP contribution < -0.4 is 9.47 Å². The molecule has 2 atom stereocenters. The first kappa shape index (κ1) is 23.4. The minimum absolute atomic E-state index is 0.102. The number of hydrogen-bond donors (Lipinski definition) is 1. The van der Waals surface area contributed by atoms with Gasteiger partial charge in [-0.3, -0.25) is 14.3 Å². The maximum absolute atomic E-state index is 13.4. The van der Waals surface area contributed by atoms with Gasteiger partial charge in [0.25, 0.3) is 5.91 Å². The number of aliphatic hydroxyl groups excluding tert-OH is 1. The van der Waals surface area contributed by atoms with Gasteiger partial charge in [0.1, 0.15) is 29.1 Å². The summed E-state index contributed by atoms with van der Waals surface area (Å²) in [6.07, 6.45) is 2.06. The molecule has 1 amide bonds. The minimum Gasteiger partial charge on any atom is -0.491 e. The highest BCUT2D eigenvalue weighted by Gasteiger charge is 2.35. The normalized spacial score (nSPS) is 18.8. The molecule has 4 heterocycles. The van der Waals surface area contributed by atoms with E-state index in [4.69, 9.17) is 14.5 Å². The summed E-state index contributed by atoms with van der Waals surface area (Å²) < 4.78 is 39.1. The highest BCUT2D eigenvalue weighted by Crippen LogP contribution is 2.41. The molecule has 0 spiro atoms. The summed E-state index contributed by atoms with van der Waals surface area (Å²) in [4.78, 5) is 24.2. The zero-order chi connectivity index (χ0) is 25.8. The van der Waals surface area contributed by atoms with Gasteiger partial charge in [-0.05, 0) is 42.3 Å². The number of halogens is 2. The van der Waals surface area contributed by atoms with Crippen molar-refractivity contribution in [3.63, 3.8) is 0 Å². The molecule has 37 heavy (non-hydrogen) atoms. The molecule has 0 saturated carbocycles. The topological polar surface area (TPSA) is 89.7 Å². The SMILES string of the molecule is CCC1c2nc3ccc(-c4cnc5c(c4)OCCC5O)cc3n2-c2c(OC(F)F)cccc2C(=O)N1C. The van der Waals surface area contributed by atoms with E-state index in [1.807, 2.05) is 31.2 Å². The van der Waals surface area contributed by atoms with Crippen LogP contribution >= 0.6 is 0 Å². The molecule has 1 N–H and O–H groups in total. The molecule has 0 fully saturated rings. The molecule has 2 aromatic heterocycles. The smallest absolute Gasteiger partial charge is 0.387 e. The van der Waals surface area contributed by atoms with E-state index in [2.05, 4.69) is 4.98 Å². The number of carbonyl (C=O) groups excluding carboxylic acids is 1. The van der Waals surface area contributed by atoms with Gasteiger partial charge < -0.3 is 19.5 Å². The van der Waals surface area contributed by atoms with Gasteiger partial charge in [-0.1, -0.05) is 19.1 Å². The van der Waals surface area contributed by atoms with Crippen LogP contribution in [0.2, 0.25) is 0 Å². The third kappa shape index (κ3) is 3.71. The van der Waals surface area contributed by atoms with Crippen LogP contribution in [0.15, 0.2) is 48.7 Å². The number of aromatic nitrogens is 3. The van der Waals surface area contributed by atoms with Crippen LogP contribution in [0, 0.1) is 0 Å². The first-order valence-corrected chi connectivity index (χ1v) is 12.1. The fourth-order valence-corrected chi connectivity index (χ4v) is 5.21. The summed E-state index contributed by atoms with van der Waals surface area (Å²) in [5.41, 5.74) is 3.83. The number of nitrogens with zero attached hydrogens (tertiary/aromatic N) is 4. The van der Waals surface area contributed by atoms with Crippen molar-refractivity contribution in [3.05, 3.63) is 65.7 Å². The first-order valence-electron chi connectivity index (χ1n) is 12.1. The van der Waals surface area contributed by atoms with Crippen molar-refractivity contribution in [1.82, 2.24) is 19.4 Å². The predicted molar refractivity (Wildman–Crippen MR) is 131 cm³/mol. The van der Waals surface area contributed by atoms with E-state index in [1.165, 1.54) is 12.1 Å². The lowest BCUT2D eigenvalue weighted by molar-refractivity contribution is -0.0498. The van der Waals surface area contributed by atoms with E-state index >= 15 is 0 Å². The van der Waals surface area contributed by atoms with E-state index < -0.39 is 12.7 Å². The Bertz CT molecular complexity index is 1540. The van der Waals surface area contributed by atoms with Gasteiger partial charge in [0.05, 0.1) is 29.2 Å². The molecule has 8 nitrogen and oxygen atoms in total. The van der Waals surface area contributed by atoms with Gasteiger partial charge in [0.2, 0.25) is 0 Å². The molecule has 2 aliphatic rings. The molecule has 10 heteroatoms. The van der Waals surface area contributed by atoms with E-state index in [9.17, 15) is 18.7 Å². The minimum atomic E-state index is -3.06. The molecular weight excluding hydrogens is 482 g/mol. The second-order valence-electron chi connectivity index (χ2n) is 9.14. The van der Waals surface area contributed by atoms with Crippen LogP contribution in [0.1, 0.15) is 53.8 Å².